The highest BCUT2D eigenvalue weighted by Crippen LogP contribution is 2.63. The molecule has 3 nitrogen and oxygen atoms in total. The second-order valence-electron chi connectivity index (χ2n) is 9.10. The van der Waals surface area contributed by atoms with Gasteiger partial charge in [-0.1, -0.05) is 38.1 Å². The summed E-state index contributed by atoms with van der Waals surface area (Å²) < 4.78 is 0. The van der Waals surface area contributed by atoms with Gasteiger partial charge in [-0.3, -0.25) is 9.59 Å². The summed E-state index contributed by atoms with van der Waals surface area (Å²) in [5.41, 5.74) is 1.26. The summed E-state index contributed by atoms with van der Waals surface area (Å²) in [6.45, 7) is 10.4. The van der Waals surface area contributed by atoms with Crippen LogP contribution in [0.4, 0.5) is 0 Å². The Bertz CT molecular complexity index is 610. The van der Waals surface area contributed by atoms with Crippen LogP contribution in [0.5, 0.6) is 0 Å². The van der Waals surface area contributed by atoms with Gasteiger partial charge in [0.2, 0.25) is 0 Å². The Hall–Kier alpha value is -0.610. The van der Waals surface area contributed by atoms with E-state index >= 15 is 0 Å². The molecule has 0 aliphatic heterocycles. The molecule has 0 bridgehead atoms. The zero-order chi connectivity index (χ0) is 18.6. The Morgan fingerprint density at radius 1 is 1.36 bits per heavy atom. The molecule has 0 heterocycles. The van der Waals surface area contributed by atoms with Gasteiger partial charge in [0, 0.05) is 18.6 Å². The van der Waals surface area contributed by atoms with Crippen molar-refractivity contribution in [3.63, 3.8) is 0 Å². The van der Waals surface area contributed by atoms with Crippen molar-refractivity contribution in [2.45, 2.75) is 78.1 Å². The van der Waals surface area contributed by atoms with Crippen molar-refractivity contribution in [2.75, 3.05) is 0 Å². The predicted octanol–water partition coefficient (Wildman–Crippen LogP) is 4.38. The van der Waals surface area contributed by atoms with Crippen molar-refractivity contribution in [1.82, 2.24) is 0 Å². The van der Waals surface area contributed by atoms with Crippen molar-refractivity contribution in [2.24, 2.45) is 28.6 Å². The van der Waals surface area contributed by atoms with E-state index in [1.807, 2.05) is 13.0 Å². The predicted molar refractivity (Wildman–Crippen MR) is 102 cm³/mol. The fourth-order valence-electron chi connectivity index (χ4n) is 5.97. The maximum absolute atomic E-state index is 12.0. The summed E-state index contributed by atoms with van der Waals surface area (Å²) in [5, 5.41) is 10.8. The van der Waals surface area contributed by atoms with Crippen molar-refractivity contribution in [3.05, 3.63) is 11.6 Å². The normalized spacial score (nSPS) is 45.2. The number of hydrogen-bond donors (Lipinski definition) is 1. The van der Waals surface area contributed by atoms with E-state index in [-0.39, 0.29) is 33.1 Å². The molecule has 0 amide bonds. The average molecular weight is 365 g/mol. The lowest BCUT2D eigenvalue weighted by atomic mass is 9.46. The number of allylic oxidation sites excluding steroid dienone is 2. The third-order valence-corrected chi connectivity index (χ3v) is 9.09. The van der Waals surface area contributed by atoms with Crippen LogP contribution in [0.1, 0.15) is 66.7 Å². The molecule has 4 heteroatoms. The average Bonchev–Trinajstić information content (AvgIpc) is 2.51. The van der Waals surface area contributed by atoms with Gasteiger partial charge >= 0.3 is 0 Å². The molecule has 3 rings (SSSR count). The molecule has 6 unspecified atom stereocenters. The molecule has 140 valence electrons. The summed E-state index contributed by atoms with van der Waals surface area (Å²) in [6.07, 6.45) is 6.07. The number of aliphatic hydroxyl groups is 1. The van der Waals surface area contributed by atoms with E-state index in [4.69, 9.17) is 0 Å². The summed E-state index contributed by atoms with van der Waals surface area (Å²) in [4.78, 5) is 23.9. The number of rotatable bonds is 2. The first-order chi connectivity index (χ1) is 11.6. The Kier molecular flexibility index (Phi) is 5.00. The van der Waals surface area contributed by atoms with E-state index in [1.165, 1.54) is 17.3 Å². The first-order valence-electron chi connectivity index (χ1n) is 9.69. The van der Waals surface area contributed by atoms with Crippen LogP contribution in [0, 0.1) is 28.6 Å². The van der Waals surface area contributed by atoms with Crippen LogP contribution in [-0.4, -0.2) is 27.4 Å². The monoisotopic (exact) mass is 364 g/mol. The van der Waals surface area contributed by atoms with Crippen LogP contribution >= 0.6 is 11.8 Å². The lowest BCUT2D eigenvalue weighted by molar-refractivity contribution is -0.118. The molecule has 0 saturated heterocycles. The lowest BCUT2D eigenvalue weighted by Gasteiger charge is -2.60. The van der Waals surface area contributed by atoms with Crippen molar-refractivity contribution in [3.8, 4) is 0 Å². The topological polar surface area (TPSA) is 54.4 Å². The van der Waals surface area contributed by atoms with Gasteiger partial charge in [-0.25, -0.2) is 0 Å². The largest absolute Gasteiger partial charge is 0.393 e. The first-order valence-corrected chi connectivity index (χ1v) is 10.6. The van der Waals surface area contributed by atoms with Crippen molar-refractivity contribution >= 4 is 22.7 Å². The van der Waals surface area contributed by atoms with Gasteiger partial charge < -0.3 is 5.11 Å². The number of fused-ring (bicyclic) bond motifs is 3. The quantitative estimate of drug-likeness (QED) is 0.790. The molecule has 1 N–H and O–H groups in total. The Morgan fingerprint density at radius 2 is 2.04 bits per heavy atom. The third-order valence-electron chi connectivity index (χ3n) is 7.98. The van der Waals surface area contributed by atoms with Gasteiger partial charge in [0.15, 0.2) is 10.9 Å². The van der Waals surface area contributed by atoms with Gasteiger partial charge in [0.25, 0.3) is 0 Å². The Morgan fingerprint density at radius 3 is 2.64 bits per heavy atom. The highest BCUT2D eigenvalue weighted by molar-refractivity contribution is 8.14. The molecular formula is C21H32O3S. The maximum Gasteiger partial charge on any atom is 0.186 e. The lowest BCUT2D eigenvalue weighted by Crippen LogP contribution is -2.56. The minimum atomic E-state index is -0.343. The first kappa shape index (κ1) is 19.2. The summed E-state index contributed by atoms with van der Waals surface area (Å²) in [5.74, 6) is 1.52. The van der Waals surface area contributed by atoms with Crippen molar-refractivity contribution < 1.29 is 14.7 Å². The minimum Gasteiger partial charge on any atom is -0.393 e. The third kappa shape index (κ3) is 3.03. The molecule has 0 spiro atoms. The van der Waals surface area contributed by atoms with Crippen molar-refractivity contribution in [1.29, 1.82) is 0 Å². The summed E-state index contributed by atoms with van der Waals surface area (Å²) in [7, 11) is 0. The number of thioether (sulfide) groups is 1. The number of carbonyl (C=O) groups is 2. The van der Waals surface area contributed by atoms with E-state index in [2.05, 4.69) is 20.8 Å². The second kappa shape index (κ2) is 6.53. The van der Waals surface area contributed by atoms with Crippen LogP contribution in [0.3, 0.4) is 0 Å². The van der Waals surface area contributed by atoms with E-state index in [0.29, 0.717) is 24.2 Å². The molecule has 0 aromatic rings. The molecule has 3 aliphatic rings. The molecule has 2 fully saturated rings. The molecule has 0 aromatic carbocycles. The molecule has 25 heavy (non-hydrogen) atoms. The number of aliphatic hydroxyl groups excluding tert-OH is 1. The molecule has 3 aliphatic carbocycles. The van der Waals surface area contributed by atoms with Crippen LogP contribution < -0.4 is 0 Å². The van der Waals surface area contributed by atoms with Gasteiger partial charge in [0.05, 0.1) is 6.10 Å². The molecule has 7 atom stereocenters. The van der Waals surface area contributed by atoms with Crippen LogP contribution in [0.15, 0.2) is 11.6 Å². The van der Waals surface area contributed by atoms with E-state index in [1.54, 1.807) is 6.92 Å². The van der Waals surface area contributed by atoms with Crippen LogP contribution in [0.2, 0.25) is 0 Å². The fourth-order valence-corrected chi connectivity index (χ4v) is 7.24. The Labute approximate surface area is 156 Å². The maximum atomic E-state index is 12.0. The van der Waals surface area contributed by atoms with E-state index < -0.39 is 0 Å². The van der Waals surface area contributed by atoms with Gasteiger partial charge in [-0.2, -0.15) is 0 Å². The molecular weight excluding hydrogens is 332 g/mol. The summed E-state index contributed by atoms with van der Waals surface area (Å²) in [6, 6.07) is 0. The number of carbonyl (C=O) groups excluding carboxylic acids is 2. The zero-order valence-electron chi connectivity index (χ0n) is 16.2. The Balaban J connectivity index is 2.03. The highest BCUT2D eigenvalue weighted by Gasteiger charge is 2.58. The number of ketones is 1. The second-order valence-corrected chi connectivity index (χ2v) is 10.5. The highest BCUT2D eigenvalue weighted by atomic mass is 32.2. The minimum absolute atomic E-state index is 0.0840. The zero-order valence-corrected chi connectivity index (χ0v) is 17.0. The fraction of sp³-hybridized carbons (Fsp3) is 0.810. The molecule has 0 radical (unpaired) electrons. The van der Waals surface area contributed by atoms with Gasteiger partial charge in [0.1, 0.15) is 0 Å². The SMILES string of the molecule is CC(=O)S[C@@H]1CC2=CC(=O)CCC2(C)C2CCC(C)(C(C)O)C(C)C21. The van der Waals surface area contributed by atoms with E-state index in [9.17, 15) is 14.7 Å². The molecule has 0 aromatic heterocycles. The summed E-state index contributed by atoms with van der Waals surface area (Å²) >= 11 is 1.46. The molecule has 2 saturated carbocycles. The smallest absolute Gasteiger partial charge is 0.186 e. The van der Waals surface area contributed by atoms with Gasteiger partial charge in [-0.15, -0.1) is 0 Å². The van der Waals surface area contributed by atoms with E-state index in [0.717, 1.165) is 25.7 Å². The van der Waals surface area contributed by atoms with Crippen LogP contribution in [0.25, 0.3) is 0 Å². The standard InChI is InChI=1S/C21H32O3S/c1-12-19-17(7-9-20(12,4)13(2)22)21(5)8-6-16(24)10-15(21)11-18(19)25-14(3)23/h10,12-13,17-19,22H,6-9,11H2,1-5H3/t12?,13?,17?,18-,19?,20?,21?/m1/s1. The number of hydrogen-bond acceptors (Lipinski definition) is 4. The van der Waals surface area contributed by atoms with Crippen LogP contribution in [-0.2, 0) is 9.59 Å². The van der Waals surface area contributed by atoms with Gasteiger partial charge in [-0.05, 0) is 67.3 Å².